The largest absolute Gasteiger partial charge is 0.313 e. The van der Waals surface area contributed by atoms with Gasteiger partial charge in [-0.15, -0.1) is 6.58 Å². The lowest BCUT2D eigenvalue weighted by Gasteiger charge is -2.19. The van der Waals surface area contributed by atoms with Gasteiger partial charge in [-0.2, -0.15) is 0 Å². The number of hydrogen-bond donors (Lipinski definition) is 1. The Morgan fingerprint density at radius 3 is 2.62 bits per heavy atom. The van der Waals surface area contributed by atoms with Gasteiger partial charge in [-0.25, -0.2) is 0 Å². The zero-order chi connectivity index (χ0) is 12.0. The molecular weight excluding hydrogens is 194 g/mol. The molecule has 0 aromatic heterocycles. The molecule has 0 amide bonds. The molecule has 0 aliphatic heterocycles. The summed E-state index contributed by atoms with van der Waals surface area (Å²) >= 11 is 0. The maximum atomic E-state index is 3.97. The molecule has 1 atom stereocenters. The molecule has 1 heteroatoms. The van der Waals surface area contributed by atoms with Crippen LogP contribution in [0.4, 0.5) is 0 Å². The molecule has 1 nitrogen and oxygen atoms in total. The normalized spacial score (nSPS) is 12.4. The predicted molar refractivity (Wildman–Crippen MR) is 71.7 cm³/mol. The first kappa shape index (κ1) is 13.0. The third-order valence-electron chi connectivity index (χ3n) is 3.02. The van der Waals surface area contributed by atoms with E-state index in [1.807, 2.05) is 7.05 Å². The number of benzene rings is 1. The van der Waals surface area contributed by atoms with Gasteiger partial charge in [0.25, 0.3) is 0 Å². The van der Waals surface area contributed by atoms with Crippen LogP contribution in [0.25, 0.3) is 0 Å². The Kier molecular flexibility index (Phi) is 5.27. The summed E-state index contributed by atoms with van der Waals surface area (Å²) in [6.07, 6.45) is 3.31. The second-order valence-electron chi connectivity index (χ2n) is 4.39. The Morgan fingerprint density at radius 1 is 1.38 bits per heavy atom. The molecular formula is C15H23N. The minimum atomic E-state index is 0.452. The zero-order valence-electron chi connectivity index (χ0n) is 10.7. The maximum Gasteiger partial charge on any atom is 0.0323 e. The van der Waals surface area contributed by atoms with E-state index in [-0.39, 0.29) is 0 Å². The van der Waals surface area contributed by atoms with Crippen molar-refractivity contribution in [3.8, 4) is 0 Å². The van der Waals surface area contributed by atoms with Crippen LogP contribution in [0, 0.1) is 0 Å². The highest BCUT2D eigenvalue weighted by molar-refractivity contribution is 5.30. The summed E-state index contributed by atoms with van der Waals surface area (Å²) in [7, 11) is 2.04. The van der Waals surface area contributed by atoms with Gasteiger partial charge in [0.2, 0.25) is 0 Å². The molecule has 0 aliphatic carbocycles. The fourth-order valence-corrected chi connectivity index (χ4v) is 2.04. The Bertz CT molecular complexity index is 341. The smallest absolute Gasteiger partial charge is 0.0323 e. The number of hydrogen-bond acceptors (Lipinski definition) is 1. The van der Waals surface area contributed by atoms with Gasteiger partial charge in [-0.3, -0.25) is 0 Å². The molecule has 0 saturated carbocycles. The third-order valence-corrected chi connectivity index (χ3v) is 3.02. The van der Waals surface area contributed by atoms with E-state index in [0.717, 1.165) is 19.3 Å². The molecule has 0 heterocycles. The van der Waals surface area contributed by atoms with Crippen LogP contribution in [0.3, 0.4) is 0 Å². The molecule has 1 N–H and O–H groups in total. The molecule has 88 valence electrons. The van der Waals surface area contributed by atoms with Gasteiger partial charge in [0.15, 0.2) is 0 Å². The Hall–Kier alpha value is -1.08. The molecule has 0 saturated heterocycles. The standard InChI is InChI=1S/C15H23N/c1-5-13-8-6-7-9-14(13)15(16-4)11-10-12(2)3/h6-9,15-16H,2,5,10-11H2,1,3-4H3. The van der Waals surface area contributed by atoms with Crippen LogP contribution in [0.1, 0.15) is 43.9 Å². The van der Waals surface area contributed by atoms with Crippen LogP contribution in [0.2, 0.25) is 0 Å². The van der Waals surface area contributed by atoms with Crippen molar-refractivity contribution in [2.24, 2.45) is 0 Å². The molecule has 1 unspecified atom stereocenters. The number of rotatable bonds is 6. The van der Waals surface area contributed by atoms with Crippen molar-refractivity contribution < 1.29 is 0 Å². The van der Waals surface area contributed by atoms with Crippen LogP contribution in [0.5, 0.6) is 0 Å². The molecule has 1 aromatic carbocycles. The lowest BCUT2D eigenvalue weighted by molar-refractivity contribution is 0.544. The number of aryl methyl sites for hydroxylation is 1. The minimum Gasteiger partial charge on any atom is -0.313 e. The summed E-state index contributed by atoms with van der Waals surface area (Å²) < 4.78 is 0. The van der Waals surface area contributed by atoms with Gasteiger partial charge in [0, 0.05) is 6.04 Å². The second-order valence-corrected chi connectivity index (χ2v) is 4.39. The molecule has 1 aromatic rings. The molecule has 0 spiro atoms. The zero-order valence-corrected chi connectivity index (χ0v) is 10.7. The molecule has 1 rings (SSSR count). The van der Waals surface area contributed by atoms with Gasteiger partial charge in [0.05, 0.1) is 0 Å². The molecule has 0 radical (unpaired) electrons. The van der Waals surface area contributed by atoms with E-state index in [9.17, 15) is 0 Å². The van der Waals surface area contributed by atoms with Crippen molar-refractivity contribution in [3.63, 3.8) is 0 Å². The van der Waals surface area contributed by atoms with E-state index in [2.05, 4.69) is 50.0 Å². The van der Waals surface area contributed by atoms with Crippen molar-refractivity contribution in [1.29, 1.82) is 0 Å². The summed E-state index contributed by atoms with van der Waals surface area (Å²) in [6.45, 7) is 8.28. The highest BCUT2D eigenvalue weighted by Gasteiger charge is 2.11. The van der Waals surface area contributed by atoms with E-state index < -0.39 is 0 Å². The van der Waals surface area contributed by atoms with Crippen LogP contribution in [-0.2, 0) is 6.42 Å². The maximum absolute atomic E-state index is 3.97. The van der Waals surface area contributed by atoms with E-state index in [4.69, 9.17) is 0 Å². The Labute approximate surface area is 99.6 Å². The van der Waals surface area contributed by atoms with E-state index in [0.29, 0.717) is 6.04 Å². The van der Waals surface area contributed by atoms with Crippen molar-refractivity contribution in [2.45, 2.75) is 39.2 Å². The first-order chi connectivity index (χ1) is 7.69. The lowest BCUT2D eigenvalue weighted by Crippen LogP contribution is -2.17. The molecule has 0 aliphatic rings. The summed E-state index contributed by atoms with van der Waals surface area (Å²) in [5.41, 5.74) is 4.14. The monoisotopic (exact) mass is 217 g/mol. The van der Waals surface area contributed by atoms with Gasteiger partial charge in [0.1, 0.15) is 0 Å². The number of allylic oxidation sites excluding steroid dienone is 1. The molecule has 16 heavy (non-hydrogen) atoms. The van der Waals surface area contributed by atoms with Gasteiger partial charge >= 0.3 is 0 Å². The fraction of sp³-hybridized carbons (Fsp3) is 0.467. The van der Waals surface area contributed by atoms with Crippen molar-refractivity contribution in [2.75, 3.05) is 7.05 Å². The van der Waals surface area contributed by atoms with Crippen LogP contribution < -0.4 is 5.32 Å². The van der Waals surface area contributed by atoms with Crippen molar-refractivity contribution in [1.82, 2.24) is 5.32 Å². The minimum absolute atomic E-state index is 0.452. The predicted octanol–water partition coefficient (Wildman–Crippen LogP) is 3.87. The first-order valence-corrected chi connectivity index (χ1v) is 6.08. The highest BCUT2D eigenvalue weighted by Crippen LogP contribution is 2.23. The van der Waals surface area contributed by atoms with Gasteiger partial charge in [-0.05, 0) is 44.4 Å². The van der Waals surface area contributed by atoms with Crippen LogP contribution in [-0.4, -0.2) is 7.05 Å². The molecule has 0 fully saturated rings. The Morgan fingerprint density at radius 2 is 2.06 bits per heavy atom. The average Bonchev–Trinajstić information content (AvgIpc) is 2.30. The highest BCUT2D eigenvalue weighted by atomic mass is 14.9. The van der Waals surface area contributed by atoms with E-state index in [1.54, 1.807) is 0 Å². The van der Waals surface area contributed by atoms with Crippen molar-refractivity contribution >= 4 is 0 Å². The third kappa shape index (κ3) is 3.49. The summed E-state index contributed by atoms with van der Waals surface area (Å²) in [5.74, 6) is 0. The quantitative estimate of drug-likeness (QED) is 0.713. The summed E-state index contributed by atoms with van der Waals surface area (Å²) in [4.78, 5) is 0. The van der Waals surface area contributed by atoms with Crippen LogP contribution >= 0.6 is 0 Å². The SMILES string of the molecule is C=C(C)CCC(NC)c1ccccc1CC. The topological polar surface area (TPSA) is 12.0 Å². The van der Waals surface area contributed by atoms with E-state index in [1.165, 1.54) is 16.7 Å². The van der Waals surface area contributed by atoms with Gasteiger partial charge in [-0.1, -0.05) is 36.8 Å². The molecule has 0 bridgehead atoms. The Balaban J connectivity index is 2.81. The fourth-order valence-electron chi connectivity index (χ4n) is 2.04. The van der Waals surface area contributed by atoms with Crippen molar-refractivity contribution in [3.05, 3.63) is 47.5 Å². The van der Waals surface area contributed by atoms with E-state index >= 15 is 0 Å². The first-order valence-electron chi connectivity index (χ1n) is 6.08. The average molecular weight is 217 g/mol. The lowest BCUT2D eigenvalue weighted by atomic mass is 9.94. The summed E-state index contributed by atoms with van der Waals surface area (Å²) in [5, 5.41) is 3.41. The second kappa shape index (κ2) is 6.49. The summed E-state index contributed by atoms with van der Waals surface area (Å²) in [6, 6.07) is 9.15. The van der Waals surface area contributed by atoms with Crippen LogP contribution in [0.15, 0.2) is 36.4 Å². The van der Waals surface area contributed by atoms with Gasteiger partial charge < -0.3 is 5.32 Å². The number of nitrogens with one attached hydrogen (secondary N) is 1.